The molecule has 22 heavy (non-hydrogen) atoms. The Balaban J connectivity index is 2.78. The number of urea groups is 1. The molecule has 0 unspecified atom stereocenters. The zero-order valence-electron chi connectivity index (χ0n) is 14.1. The number of nitrogens with two attached hydrogens (primary N) is 1. The molecule has 0 aliphatic carbocycles. The van der Waals surface area contributed by atoms with Crippen molar-refractivity contribution < 1.29 is 9.59 Å². The first-order chi connectivity index (χ1) is 10.1. The Hall–Kier alpha value is -2.04. The van der Waals surface area contributed by atoms with Crippen molar-refractivity contribution in [3.05, 3.63) is 29.8 Å². The fourth-order valence-electron chi connectivity index (χ4n) is 2.16. The van der Waals surface area contributed by atoms with Crippen LogP contribution in [0.1, 0.15) is 46.6 Å². The highest BCUT2D eigenvalue weighted by atomic mass is 16.2. The van der Waals surface area contributed by atoms with Crippen molar-refractivity contribution in [2.75, 3.05) is 5.32 Å². The van der Waals surface area contributed by atoms with E-state index in [2.05, 4.69) is 31.4 Å². The van der Waals surface area contributed by atoms with E-state index in [-0.39, 0.29) is 17.2 Å². The summed E-state index contributed by atoms with van der Waals surface area (Å²) in [5.41, 5.74) is 7.10. The van der Waals surface area contributed by atoms with Crippen LogP contribution in [0.15, 0.2) is 24.3 Å². The summed E-state index contributed by atoms with van der Waals surface area (Å²) in [6.45, 7) is 10.4. The third-order valence-corrected chi connectivity index (χ3v) is 3.36. The van der Waals surface area contributed by atoms with E-state index in [1.807, 2.05) is 38.1 Å². The van der Waals surface area contributed by atoms with Gasteiger partial charge in [0.25, 0.3) is 0 Å². The zero-order chi connectivity index (χ0) is 16.9. The van der Waals surface area contributed by atoms with Crippen molar-refractivity contribution in [3.63, 3.8) is 0 Å². The molecule has 1 rings (SSSR count). The first-order valence-electron chi connectivity index (χ1n) is 7.57. The van der Waals surface area contributed by atoms with Crippen molar-refractivity contribution in [1.82, 2.24) is 5.32 Å². The molecule has 5 heteroatoms. The second-order valence-electron chi connectivity index (χ2n) is 7.01. The van der Waals surface area contributed by atoms with Gasteiger partial charge in [0.05, 0.1) is 0 Å². The summed E-state index contributed by atoms with van der Waals surface area (Å²) < 4.78 is 0. The van der Waals surface area contributed by atoms with Gasteiger partial charge in [-0.15, -0.1) is 0 Å². The van der Waals surface area contributed by atoms with E-state index >= 15 is 0 Å². The summed E-state index contributed by atoms with van der Waals surface area (Å²) in [7, 11) is 0. The number of hydrogen-bond acceptors (Lipinski definition) is 2. The molecule has 1 atom stereocenters. The van der Waals surface area contributed by atoms with Crippen LogP contribution in [0.25, 0.3) is 0 Å². The van der Waals surface area contributed by atoms with Gasteiger partial charge in [-0.25, -0.2) is 4.79 Å². The highest BCUT2D eigenvalue weighted by molar-refractivity contribution is 5.96. The lowest BCUT2D eigenvalue weighted by molar-refractivity contribution is -0.118. The smallest absolute Gasteiger partial charge is 0.312 e. The quantitative estimate of drug-likeness (QED) is 0.781. The molecule has 0 heterocycles. The first kappa shape index (κ1) is 18.0. The number of anilines is 1. The van der Waals surface area contributed by atoms with Crippen molar-refractivity contribution >= 4 is 17.6 Å². The molecule has 122 valence electrons. The summed E-state index contributed by atoms with van der Waals surface area (Å²) in [6, 6.07) is 6.41. The summed E-state index contributed by atoms with van der Waals surface area (Å²) in [5, 5.41) is 5.32. The summed E-state index contributed by atoms with van der Waals surface area (Å²) in [4.78, 5) is 23.3. The average molecular weight is 305 g/mol. The molecule has 5 nitrogen and oxygen atoms in total. The Labute approximate surface area is 132 Å². The van der Waals surface area contributed by atoms with E-state index in [1.165, 1.54) is 5.56 Å². The fraction of sp³-hybridized carbons (Fsp3) is 0.529. The number of hydrogen-bond donors (Lipinski definition) is 3. The molecule has 0 bridgehead atoms. The maximum Gasteiger partial charge on any atom is 0.312 e. The second kappa shape index (κ2) is 7.29. The van der Waals surface area contributed by atoms with Gasteiger partial charge in [0.1, 0.15) is 6.04 Å². The van der Waals surface area contributed by atoms with Crippen molar-refractivity contribution in [2.45, 2.75) is 52.5 Å². The predicted octanol–water partition coefficient (Wildman–Crippen LogP) is 3.01. The van der Waals surface area contributed by atoms with Gasteiger partial charge < -0.3 is 16.4 Å². The number of benzene rings is 1. The first-order valence-corrected chi connectivity index (χ1v) is 7.57. The molecule has 1 aromatic carbocycles. The van der Waals surface area contributed by atoms with Gasteiger partial charge in [0.15, 0.2) is 0 Å². The predicted molar refractivity (Wildman–Crippen MR) is 89.7 cm³/mol. The van der Waals surface area contributed by atoms with Crippen LogP contribution in [0.5, 0.6) is 0 Å². The Morgan fingerprint density at radius 3 is 2.09 bits per heavy atom. The molecule has 0 saturated carbocycles. The number of amides is 3. The van der Waals surface area contributed by atoms with E-state index < -0.39 is 12.1 Å². The Morgan fingerprint density at radius 1 is 1.14 bits per heavy atom. The number of primary amides is 1. The van der Waals surface area contributed by atoms with E-state index in [4.69, 9.17) is 5.73 Å². The van der Waals surface area contributed by atoms with Crippen LogP contribution >= 0.6 is 0 Å². The standard InChI is InChI=1S/C17H27N3O2/c1-11(2)10-14(20-16(18)22)15(21)19-13-8-6-12(7-9-13)17(3,4)5/h6-9,11,14H,10H2,1-5H3,(H,19,21)(H3,18,20,22)/t14-/m0/s1. The highest BCUT2D eigenvalue weighted by Crippen LogP contribution is 2.23. The maximum atomic E-state index is 12.3. The summed E-state index contributed by atoms with van der Waals surface area (Å²) >= 11 is 0. The lowest BCUT2D eigenvalue weighted by Crippen LogP contribution is -2.46. The third kappa shape index (κ3) is 5.76. The average Bonchev–Trinajstić information content (AvgIpc) is 2.36. The molecule has 0 radical (unpaired) electrons. The van der Waals surface area contributed by atoms with Gasteiger partial charge in [-0.3, -0.25) is 4.79 Å². The van der Waals surface area contributed by atoms with E-state index in [1.54, 1.807) is 0 Å². The molecule has 0 fully saturated rings. The largest absolute Gasteiger partial charge is 0.352 e. The minimum Gasteiger partial charge on any atom is -0.352 e. The SMILES string of the molecule is CC(C)C[C@H](NC(N)=O)C(=O)Nc1ccc(C(C)(C)C)cc1. The maximum absolute atomic E-state index is 12.3. The molecule has 4 N–H and O–H groups in total. The van der Waals surface area contributed by atoms with E-state index in [9.17, 15) is 9.59 Å². The van der Waals surface area contributed by atoms with Gasteiger partial charge in [0, 0.05) is 5.69 Å². The molecule has 0 aromatic heterocycles. The molecular weight excluding hydrogens is 278 g/mol. The lowest BCUT2D eigenvalue weighted by Gasteiger charge is -2.21. The normalized spacial score (nSPS) is 12.8. The number of nitrogens with one attached hydrogen (secondary N) is 2. The lowest BCUT2D eigenvalue weighted by atomic mass is 9.87. The summed E-state index contributed by atoms with van der Waals surface area (Å²) in [5.74, 6) is 0.0156. The topological polar surface area (TPSA) is 84.2 Å². The highest BCUT2D eigenvalue weighted by Gasteiger charge is 2.21. The monoisotopic (exact) mass is 305 g/mol. The van der Waals surface area contributed by atoms with Crippen LogP contribution in [-0.2, 0) is 10.2 Å². The Morgan fingerprint density at radius 2 is 1.68 bits per heavy atom. The van der Waals surface area contributed by atoms with Crippen molar-refractivity contribution in [2.24, 2.45) is 11.7 Å². The molecule has 0 aliphatic rings. The van der Waals surface area contributed by atoms with Crippen LogP contribution in [0.3, 0.4) is 0 Å². The Kier molecular flexibility index (Phi) is 5.97. The van der Waals surface area contributed by atoms with Gasteiger partial charge in [0.2, 0.25) is 5.91 Å². The van der Waals surface area contributed by atoms with Crippen LogP contribution in [0.4, 0.5) is 10.5 Å². The number of carbonyl (C=O) groups excluding carboxylic acids is 2. The van der Waals surface area contributed by atoms with Crippen LogP contribution in [-0.4, -0.2) is 18.0 Å². The molecule has 0 saturated heterocycles. The molecule has 0 aliphatic heterocycles. The second-order valence-corrected chi connectivity index (χ2v) is 7.01. The Bertz CT molecular complexity index is 516. The molecule has 1 aromatic rings. The van der Waals surface area contributed by atoms with Crippen LogP contribution in [0, 0.1) is 5.92 Å². The number of rotatable bonds is 5. The van der Waals surface area contributed by atoms with Gasteiger partial charge in [-0.1, -0.05) is 46.8 Å². The summed E-state index contributed by atoms with van der Waals surface area (Å²) in [6.07, 6.45) is 0.537. The molecule has 0 spiro atoms. The van der Waals surface area contributed by atoms with Gasteiger partial charge in [-0.2, -0.15) is 0 Å². The van der Waals surface area contributed by atoms with Crippen molar-refractivity contribution in [3.8, 4) is 0 Å². The minimum absolute atomic E-state index is 0.0657. The van der Waals surface area contributed by atoms with E-state index in [0.29, 0.717) is 12.1 Å². The third-order valence-electron chi connectivity index (χ3n) is 3.36. The van der Waals surface area contributed by atoms with Gasteiger partial charge in [-0.05, 0) is 35.4 Å². The van der Waals surface area contributed by atoms with E-state index in [0.717, 1.165) is 0 Å². The van der Waals surface area contributed by atoms with Crippen molar-refractivity contribution in [1.29, 1.82) is 0 Å². The fourth-order valence-corrected chi connectivity index (χ4v) is 2.16. The van der Waals surface area contributed by atoms with Gasteiger partial charge >= 0.3 is 6.03 Å². The zero-order valence-corrected chi connectivity index (χ0v) is 14.1. The van der Waals surface area contributed by atoms with Crippen LogP contribution < -0.4 is 16.4 Å². The van der Waals surface area contributed by atoms with Crippen LogP contribution in [0.2, 0.25) is 0 Å². The number of carbonyl (C=O) groups is 2. The minimum atomic E-state index is -0.691. The molecule has 3 amide bonds. The molecular formula is C17H27N3O2.